The lowest BCUT2D eigenvalue weighted by atomic mass is 9.30. The summed E-state index contributed by atoms with van der Waals surface area (Å²) in [4.78, 5) is 11.2. The second kappa shape index (κ2) is 12.3. The zero-order chi connectivity index (χ0) is 38.5. The second-order valence-corrected chi connectivity index (χ2v) is 15.0. The van der Waals surface area contributed by atoms with Crippen LogP contribution >= 0.6 is 0 Å². The highest BCUT2D eigenvalue weighted by Crippen LogP contribution is 2.49. The van der Waals surface area contributed by atoms with Crippen molar-refractivity contribution in [3.63, 3.8) is 0 Å². The van der Waals surface area contributed by atoms with E-state index < -0.39 is 0 Å². The van der Waals surface area contributed by atoms with Crippen LogP contribution < -0.4 is 52.2 Å². The number of hydrogen-bond donors (Lipinski definition) is 0. The summed E-state index contributed by atoms with van der Waals surface area (Å²) in [5.41, 5.74) is 16.9. The van der Waals surface area contributed by atoms with Gasteiger partial charge in [0, 0.05) is 51.2 Å². The molecule has 0 bridgehead atoms. The fourth-order valence-corrected chi connectivity index (χ4v) is 9.86. The maximum atomic E-state index is 10.4. The predicted octanol–water partition coefficient (Wildman–Crippen LogP) is 8.60. The lowest BCUT2D eigenvalue weighted by Gasteiger charge is -2.46. The first kappa shape index (κ1) is 32.3. The van der Waals surface area contributed by atoms with Gasteiger partial charge in [-0.15, -0.1) is 0 Å². The van der Waals surface area contributed by atoms with Crippen molar-refractivity contribution < 1.29 is 4.74 Å². The normalized spacial score (nSPS) is 13.4. The van der Waals surface area contributed by atoms with E-state index in [2.05, 4.69) is 165 Å². The van der Waals surface area contributed by atoms with Crippen LogP contribution in [-0.2, 0) is 0 Å². The summed E-state index contributed by atoms with van der Waals surface area (Å²) in [7, 11) is 0. The van der Waals surface area contributed by atoms with Crippen LogP contribution in [0.5, 0.6) is 11.5 Å². The molecule has 0 saturated carbocycles. The molecule has 0 atom stereocenters. The minimum atomic E-state index is -0.205. The number of nitrogens with zero attached hydrogens (tertiary/aromatic N) is 5. The van der Waals surface area contributed by atoms with E-state index in [0.29, 0.717) is 17.0 Å². The molecule has 4 aliphatic rings. The summed E-state index contributed by atoms with van der Waals surface area (Å²) in [5, 5.41) is 10.4. The summed E-state index contributed by atoms with van der Waals surface area (Å²) in [6.07, 6.45) is 0. The molecule has 0 N–H and O–H groups in total. The van der Waals surface area contributed by atoms with Gasteiger partial charge in [-0.25, -0.2) is 4.85 Å². The van der Waals surface area contributed by atoms with Crippen molar-refractivity contribution in [2.75, 3.05) is 14.7 Å². The van der Waals surface area contributed by atoms with Gasteiger partial charge in [-0.2, -0.15) is 5.26 Å². The van der Waals surface area contributed by atoms with Crippen LogP contribution in [0.2, 0.25) is 0 Å². The van der Waals surface area contributed by atoms with Crippen LogP contribution in [0.3, 0.4) is 0 Å². The number of rotatable bonds is 3. The van der Waals surface area contributed by atoms with Gasteiger partial charge in [0.15, 0.2) is 0 Å². The Morgan fingerprint density at radius 3 is 1.66 bits per heavy atom. The monoisotopic (exact) mass is 737 g/mol. The molecule has 4 heterocycles. The van der Waals surface area contributed by atoms with Crippen LogP contribution in [0, 0.1) is 17.9 Å². The molecule has 12 rings (SSSR count). The maximum Gasteiger partial charge on any atom is 0.256 e. The van der Waals surface area contributed by atoms with Crippen molar-refractivity contribution >= 4 is 103 Å². The quantitative estimate of drug-likeness (QED) is 0.134. The smallest absolute Gasteiger partial charge is 0.256 e. The molecular weight excluding hydrogens is 708 g/mol. The summed E-state index contributed by atoms with van der Waals surface area (Å²) in [6.45, 7) is 8.12. The van der Waals surface area contributed by atoms with Crippen molar-refractivity contribution in [1.29, 1.82) is 5.26 Å². The highest BCUT2D eigenvalue weighted by Gasteiger charge is 2.48. The highest BCUT2D eigenvalue weighted by atomic mass is 16.5. The number of para-hydroxylation sites is 5. The van der Waals surface area contributed by atoms with E-state index in [-0.39, 0.29) is 13.4 Å². The molecule has 266 valence electrons. The van der Waals surface area contributed by atoms with Crippen molar-refractivity contribution in [2.45, 2.75) is 0 Å². The van der Waals surface area contributed by atoms with E-state index in [9.17, 15) is 5.26 Å². The molecule has 0 amide bonds. The first-order chi connectivity index (χ1) is 28.7. The van der Waals surface area contributed by atoms with Gasteiger partial charge < -0.3 is 19.4 Å². The SMILES string of the molecule is [C-]#[N+]c1ccc2c3c1N(c1ccccc1)c1ccccc1B3c1cc3c(cc1N2c1ccccc1)N(c1ccccc1)c1ccc(C#N)c2c1B3c1ccccc1O2. The molecule has 0 fully saturated rings. The van der Waals surface area contributed by atoms with Crippen molar-refractivity contribution in [1.82, 2.24) is 0 Å². The van der Waals surface area contributed by atoms with Gasteiger partial charge in [-0.1, -0.05) is 103 Å². The summed E-state index contributed by atoms with van der Waals surface area (Å²) in [6, 6.07) is 63.6. The van der Waals surface area contributed by atoms with E-state index >= 15 is 0 Å². The van der Waals surface area contributed by atoms with E-state index in [0.717, 1.165) is 84.3 Å². The minimum Gasteiger partial charge on any atom is -0.457 e. The molecule has 0 saturated heterocycles. The molecule has 0 spiro atoms. The number of nitriles is 1. The highest BCUT2D eigenvalue weighted by molar-refractivity contribution is 7.02. The molecule has 8 aromatic rings. The molecule has 6 nitrogen and oxygen atoms in total. The van der Waals surface area contributed by atoms with E-state index in [1.165, 1.54) is 5.46 Å². The Morgan fingerprint density at radius 1 is 0.483 bits per heavy atom. The van der Waals surface area contributed by atoms with E-state index in [1.54, 1.807) is 0 Å². The van der Waals surface area contributed by atoms with E-state index in [4.69, 9.17) is 11.3 Å². The van der Waals surface area contributed by atoms with Crippen molar-refractivity contribution in [2.24, 2.45) is 0 Å². The number of benzene rings is 8. The summed E-state index contributed by atoms with van der Waals surface area (Å²) in [5.74, 6) is 1.36. The van der Waals surface area contributed by atoms with Gasteiger partial charge in [-0.3, -0.25) is 0 Å². The first-order valence-corrected chi connectivity index (χ1v) is 19.4. The number of hydrogen-bond acceptors (Lipinski definition) is 5. The topological polar surface area (TPSA) is 47.1 Å². The maximum absolute atomic E-state index is 10.4. The molecule has 58 heavy (non-hydrogen) atoms. The first-order valence-electron chi connectivity index (χ1n) is 19.4. The number of ether oxygens (including phenoxy) is 1. The van der Waals surface area contributed by atoms with Gasteiger partial charge in [0.25, 0.3) is 6.71 Å². The standard InChI is InChI=1S/C50H29B2N5O/c1-54-40-26-28-42-47-49(40)57(35-19-9-4-10-20-35)41-23-13-11-21-36(41)51(47)38-29-39-45(30-44(38)55(42)33-15-5-2-6-16-33)56(34-17-7-3-8-18-34)43-27-25-32(31-53)50-48(43)52(39)37-22-12-14-24-46(37)58-50/h2-30H. The van der Waals surface area contributed by atoms with Crippen LogP contribution in [0.4, 0.5) is 56.9 Å². The van der Waals surface area contributed by atoms with Gasteiger partial charge in [-0.05, 0) is 106 Å². The third kappa shape index (κ3) is 4.37. The van der Waals surface area contributed by atoms with Crippen LogP contribution in [0.1, 0.15) is 5.56 Å². The van der Waals surface area contributed by atoms with Crippen molar-refractivity contribution in [3.8, 4) is 17.6 Å². The second-order valence-electron chi connectivity index (χ2n) is 15.0. The van der Waals surface area contributed by atoms with Crippen LogP contribution in [-0.4, -0.2) is 13.4 Å². The molecular formula is C50H29B2N5O. The van der Waals surface area contributed by atoms with Gasteiger partial charge in [0.05, 0.1) is 12.1 Å². The Hall–Kier alpha value is -7.93. The van der Waals surface area contributed by atoms with Gasteiger partial charge in [0.2, 0.25) is 12.4 Å². The number of anilines is 9. The minimum absolute atomic E-state index is 0.185. The van der Waals surface area contributed by atoms with Crippen LogP contribution in [0.15, 0.2) is 176 Å². The average molecular weight is 737 g/mol. The Morgan fingerprint density at radius 2 is 1.02 bits per heavy atom. The number of fused-ring (bicyclic) bond motifs is 8. The van der Waals surface area contributed by atoms with Gasteiger partial charge >= 0.3 is 0 Å². The third-order valence-corrected chi connectivity index (χ3v) is 12.1. The lowest BCUT2D eigenvalue weighted by Crippen LogP contribution is -2.64. The molecule has 0 aliphatic carbocycles. The summed E-state index contributed by atoms with van der Waals surface area (Å²) < 4.78 is 6.68. The Balaban J connectivity index is 1.22. The van der Waals surface area contributed by atoms with Gasteiger partial charge in [0.1, 0.15) is 17.6 Å². The van der Waals surface area contributed by atoms with E-state index in [1.807, 2.05) is 36.4 Å². The third-order valence-electron chi connectivity index (χ3n) is 12.1. The Labute approximate surface area is 337 Å². The van der Waals surface area contributed by atoms with Crippen LogP contribution in [0.25, 0.3) is 4.85 Å². The largest absolute Gasteiger partial charge is 0.457 e. The summed E-state index contributed by atoms with van der Waals surface area (Å²) >= 11 is 0. The molecule has 0 radical (unpaired) electrons. The zero-order valence-electron chi connectivity index (χ0n) is 31.0. The Kier molecular flexibility index (Phi) is 6.85. The average Bonchev–Trinajstić information content (AvgIpc) is 3.29. The molecule has 4 aliphatic heterocycles. The molecule has 8 aromatic carbocycles. The lowest BCUT2D eigenvalue weighted by molar-refractivity contribution is 0.486. The zero-order valence-corrected chi connectivity index (χ0v) is 31.0. The molecule has 0 unspecified atom stereocenters. The molecule has 8 heteroatoms. The van der Waals surface area contributed by atoms with Crippen molar-refractivity contribution in [3.05, 3.63) is 193 Å². The fourth-order valence-electron chi connectivity index (χ4n) is 9.86. The predicted molar refractivity (Wildman–Crippen MR) is 237 cm³/mol. The Bertz CT molecular complexity index is 3110. The fraction of sp³-hybridized carbons (Fsp3) is 0. The molecule has 0 aromatic heterocycles.